The fourth-order valence-electron chi connectivity index (χ4n) is 2.64. The molecule has 0 aliphatic heterocycles. The maximum atomic E-state index is 12.4. The number of nitriles is 1. The van der Waals surface area contributed by atoms with Crippen molar-refractivity contribution >= 4 is 27.5 Å². The van der Waals surface area contributed by atoms with Gasteiger partial charge in [0.05, 0.1) is 5.75 Å². The summed E-state index contributed by atoms with van der Waals surface area (Å²) < 4.78 is 23.3. The van der Waals surface area contributed by atoms with Crippen molar-refractivity contribution in [3.05, 3.63) is 54.6 Å². The number of rotatable bonds is 7. The van der Waals surface area contributed by atoms with Crippen LogP contribution in [0.15, 0.2) is 54.6 Å². The monoisotopic (exact) mass is 414 g/mol. The number of sulfone groups is 1. The highest BCUT2D eigenvalue weighted by atomic mass is 32.2. The molecule has 1 unspecified atom stereocenters. The predicted molar refractivity (Wildman–Crippen MR) is 111 cm³/mol. The van der Waals surface area contributed by atoms with Gasteiger partial charge in [-0.1, -0.05) is 42.5 Å². The molecule has 0 radical (unpaired) electrons. The van der Waals surface area contributed by atoms with Gasteiger partial charge in [-0.15, -0.1) is 0 Å². The van der Waals surface area contributed by atoms with Gasteiger partial charge >= 0.3 is 6.03 Å². The van der Waals surface area contributed by atoms with E-state index in [4.69, 9.17) is 5.26 Å². The summed E-state index contributed by atoms with van der Waals surface area (Å²) >= 11 is 0. The maximum Gasteiger partial charge on any atom is 0.319 e. The Morgan fingerprint density at radius 3 is 2.17 bits per heavy atom. The van der Waals surface area contributed by atoms with E-state index in [1.807, 2.05) is 42.5 Å². The SMILES string of the molecule is CCN(C#N)C(=O)C(CS(C)(=O)=O)NC(=O)Nc1ccc(-c2ccccc2)cc1. The summed E-state index contributed by atoms with van der Waals surface area (Å²) in [5.41, 5.74) is 2.47. The number of urea groups is 1. The van der Waals surface area contributed by atoms with Crippen molar-refractivity contribution in [3.63, 3.8) is 0 Å². The Labute approximate surface area is 170 Å². The highest BCUT2D eigenvalue weighted by Gasteiger charge is 2.28. The molecule has 0 saturated heterocycles. The van der Waals surface area contributed by atoms with E-state index in [0.717, 1.165) is 22.3 Å². The lowest BCUT2D eigenvalue weighted by Crippen LogP contribution is -2.51. The minimum atomic E-state index is -3.57. The molecule has 0 saturated carbocycles. The van der Waals surface area contributed by atoms with E-state index in [-0.39, 0.29) is 6.54 Å². The first kappa shape index (κ1) is 21.9. The first-order valence-corrected chi connectivity index (χ1v) is 10.9. The summed E-state index contributed by atoms with van der Waals surface area (Å²) in [7, 11) is -3.57. The third-order valence-corrected chi connectivity index (χ3v) is 4.96. The van der Waals surface area contributed by atoms with Crippen LogP contribution in [0.3, 0.4) is 0 Å². The molecule has 29 heavy (non-hydrogen) atoms. The zero-order valence-electron chi connectivity index (χ0n) is 16.1. The zero-order valence-corrected chi connectivity index (χ0v) is 16.9. The molecule has 2 aromatic carbocycles. The van der Waals surface area contributed by atoms with Crippen molar-refractivity contribution in [2.75, 3.05) is 23.9 Å². The van der Waals surface area contributed by atoms with Crippen LogP contribution in [0.4, 0.5) is 10.5 Å². The maximum absolute atomic E-state index is 12.4. The second kappa shape index (κ2) is 9.71. The van der Waals surface area contributed by atoms with Crippen LogP contribution in [0.2, 0.25) is 0 Å². The molecule has 1 atom stereocenters. The van der Waals surface area contributed by atoms with E-state index in [1.165, 1.54) is 0 Å². The van der Waals surface area contributed by atoms with Crippen molar-refractivity contribution in [2.24, 2.45) is 0 Å². The average molecular weight is 414 g/mol. The Morgan fingerprint density at radius 1 is 1.07 bits per heavy atom. The molecule has 2 N–H and O–H groups in total. The largest absolute Gasteiger partial charge is 0.325 e. The molecule has 2 rings (SSSR count). The van der Waals surface area contributed by atoms with Gasteiger partial charge in [0.2, 0.25) is 0 Å². The van der Waals surface area contributed by atoms with Crippen LogP contribution in [0.1, 0.15) is 6.92 Å². The lowest BCUT2D eigenvalue weighted by atomic mass is 10.1. The van der Waals surface area contributed by atoms with Crippen LogP contribution >= 0.6 is 0 Å². The lowest BCUT2D eigenvalue weighted by molar-refractivity contribution is -0.129. The number of nitrogens with zero attached hydrogens (tertiary/aromatic N) is 2. The summed E-state index contributed by atoms with van der Waals surface area (Å²) in [4.78, 5) is 25.5. The molecule has 0 spiro atoms. The van der Waals surface area contributed by atoms with Gasteiger partial charge in [-0.05, 0) is 30.2 Å². The van der Waals surface area contributed by atoms with Gasteiger partial charge < -0.3 is 10.6 Å². The summed E-state index contributed by atoms with van der Waals surface area (Å²) in [6.07, 6.45) is 2.64. The number of anilines is 1. The van der Waals surface area contributed by atoms with E-state index < -0.39 is 33.6 Å². The number of amides is 3. The van der Waals surface area contributed by atoms with Crippen LogP contribution in [0.25, 0.3) is 11.1 Å². The van der Waals surface area contributed by atoms with E-state index in [2.05, 4.69) is 10.6 Å². The lowest BCUT2D eigenvalue weighted by Gasteiger charge is -2.21. The van der Waals surface area contributed by atoms with Crippen LogP contribution in [-0.4, -0.2) is 49.9 Å². The van der Waals surface area contributed by atoms with Gasteiger partial charge in [0.25, 0.3) is 5.91 Å². The Kier molecular flexibility index (Phi) is 7.33. The number of carbonyl (C=O) groups is 2. The van der Waals surface area contributed by atoms with Gasteiger partial charge in [-0.3, -0.25) is 4.79 Å². The van der Waals surface area contributed by atoms with Crippen LogP contribution in [0.5, 0.6) is 0 Å². The Hall–Kier alpha value is -3.38. The molecule has 0 bridgehead atoms. The molecule has 8 nitrogen and oxygen atoms in total. The highest BCUT2D eigenvalue weighted by Crippen LogP contribution is 2.20. The van der Waals surface area contributed by atoms with Crippen LogP contribution in [-0.2, 0) is 14.6 Å². The average Bonchev–Trinajstić information content (AvgIpc) is 2.68. The number of likely N-dealkylation sites (N-methyl/N-ethyl adjacent to an activating group) is 1. The molecule has 0 fully saturated rings. The van der Waals surface area contributed by atoms with E-state index in [9.17, 15) is 18.0 Å². The van der Waals surface area contributed by atoms with Crippen molar-refractivity contribution in [2.45, 2.75) is 13.0 Å². The summed E-state index contributed by atoms with van der Waals surface area (Å²) in [5, 5.41) is 13.9. The first-order valence-electron chi connectivity index (χ1n) is 8.85. The Bertz CT molecular complexity index is 999. The zero-order chi connectivity index (χ0) is 21.4. The molecule has 0 heterocycles. The summed E-state index contributed by atoms with van der Waals surface area (Å²) in [6.45, 7) is 1.65. The van der Waals surface area contributed by atoms with E-state index in [0.29, 0.717) is 5.69 Å². The summed E-state index contributed by atoms with van der Waals surface area (Å²) in [5.74, 6) is -1.39. The van der Waals surface area contributed by atoms with Gasteiger partial charge in [-0.25, -0.2) is 18.1 Å². The molecule has 152 valence electrons. The van der Waals surface area contributed by atoms with Gasteiger partial charge in [0, 0.05) is 18.5 Å². The van der Waals surface area contributed by atoms with Gasteiger partial charge in [0.1, 0.15) is 15.9 Å². The quantitative estimate of drug-likeness (QED) is 0.532. The summed E-state index contributed by atoms with van der Waals surface area (Å²) in [6, 6.07) is 14.6. The minimum absolute atomic E-state index is 0.0693. The number of carbonyl (C=O) groups excluding carboxylic acids is 2. The van der Waals surface area contributed by atoms with Crippen molar-refractivity contribution in [1.29, 1.82) is 5.26 Å². The standard InChI is InChI=1S/C20H22N4O4S/c1-3-24(14-21)19(25)18(13-29(2,27)28)23-20(26)22-17-11-9-16(10-12-17)15-7-5-4-6-8-15/h4-12,18H,3,13H2,1-2H3,(H2,22,23,26). The van der Waals surface area contributed by atoms with E-state index >= 15 is 0 Å². The molecule has 9 heteroatoms. The second-order valence-electron chi connectivity index (χ2n) is 6.37. The fraction of sp³-hybridized carbons (Fsp3) is 0.250. The number of hydrogen-bond acceptors (Lipinski definition) is 5. The first-order chi connectivity index (χ1) is 13.7. The molecule has 0 aliphatic rings. The van der Waals surface area contributed by atoms with Gasteiger partial charge in [-0.2, -0.15) is 5.26 Å². The molecular formula is C20H22N4O4S. The second-order valence-corrected chi connectivity index (χ2v) is 8.55. The Morgan fingerprint density at radius 2 is 1.66 bits per heavy atom. The third-order valence-electron chi connectivity index (χ3n) is 4.03. The molecule has 3 amide bonds. The third kappa shape index (κ3) is 6.62. The van der Waals surface area contributed by atoms with E-state index in [1.54, 1.807) is 25.2 Å². The molecular weight excluding hydrogens is 392 g/mol. The van der Waals surface area contributed by atoms with Crippen molar-refractivity contribution in [1.82, 2.24) is 10.2 Å². The van der Waals surface area contributed by atoms with Crippen molar-refractivity contribution in [3.8, 4) is 17.3 Å². The highest BCUT2D eigenvalue weighted by molar-refractivity contribution is 7.90. The topological polar surface area (TPSA) is 119 Å². The van der Waals surface area contributed by atoms with Gasteiger partial charge in [0.15, 0.2) is 6.19 Å². The van der Waals surface area contributed by atoms with Crippen LogP contribution in [0, 0.1) is 11.5 Å². The molecule has 2 aromatic rings. The minimum Gasteiger partial charge on any atom is -0.325 e. The number of hydrogen-bond donors (Lipinski definition) is 2. The number of nitrogens with one attached hydrogen (secondary N) is 2. The molecule has 0 aliphatic carbocycles. The fourth-order valence-corrected chi connectivity index (χ4v) is 3.47. The normalized spacial score (nSPS) is 11.8. The predicted octanol–water partition coefficient (Wildman–Crippen LogP) is 2.22. The Balaban J connectivity index is 2.09. The van der Waals surface area contributed by atoms with Crippen LogP contribution < -0.4 is 10.6 Å². The van der Waals surface area contributed by atoms with Crippen molar-refractivity contribution < 1.29 is 18.0 Å². The molecule has 0 aromatic heterocycles. The number of benzene rings is 2. The smallest absolute Gasteiger partial charge is 0.319 e.